The molecule has 0 aliphatic rings. The van der Waals surface area contributed by atoms with Crippen molar-refractivity contribution in [2.24, 2.45) is 0 Å². The van der Waals surface area contributed by atoms with Gasteiger partial charge in [-0.25, -0.2) is 14.2 Å². The third-order valence-corrected chi connectivity index (χ3v) is 5.40. The molecule has 0 amide bonds. The van der Waals surface area contributed by atoms with Gasteiger partial charge >= 0.3 is 18.0 Å². The molecule has 0 aliphatic carbocycles. The summed E-state index contributed by atoms with van der Waals surface area (Å²) in [7, 11) is 0. The van der Waals surface area contributed by atoms with Gasteiger partial charge in [0.25, 0.3) is 0 Å². The Kier molecular flexibility index (Phi) is 6.67. The highest BCUT2D eigenvalue weighted by Gasteiger charge is 2.38. The fourth-order valence-electron chi connectivity index (χ4n) is 2.83. The van der Waals surface area contributed by atoms with Gasteiger partial charge in [-0.3, -0.25) is 4.98 Å². The Morgan fingerprint density at radius 2 is 1.92 bits per heavy atom. The summed E-state index contributed by atoms with van der Waals surface area (Å²) < 4.78 is 62.6. The summed E-state index contributed by atoms with van der Waals surface area (Å²) in [6.07, 6.45) is -0.558. The smallest absolute Gasteiger partial charge is 0.455 e. The maximum absolute atomic E-state index is 14.8. The molecule has 4 aromatic rings. The van der Waals surface area contributed by atoms with Gasteiger partial charge in [-0.2, -0.15) is 18.2 Å². The van der Waals surface area contributed by atoms with Crippen molar-refractivity contribution in [1.82, 2.24) is 30.3 Å². The minimum absolute atomic E-state index is 0.0325. The number of aromatic nitrogens is 6. The normalized spacial score (nSPS) is 12.0. The molecule has 0 N–H and O–H groups in total. The highest BCUT2D eigenvalue weighted by Crippen LogP contribution is 2.35. The van der Waals surface area contributed by atoms with E-state index in [4.69, 9.17) is 4.74 Å². The molecule has 0 radical (unpaired) electrons. The van der Waals surface area contributed by atoms with Crippen molar-refractivity contribution >= 4 is 28.9 Å². The van der Waals surface area contributed by atoms with Crippen molar-refractivity contribution < 1.29 is 31.6 Å². The van der Waals surface area contributed by atoms with Gasteiger partial charge < -0.3 is 14.2 Å². The second kappa shape index (κ2) is 9.56. The number of rotatable bonds is 6. The summed E-state index contributed by atoms with van der Waals surface area (Å²) >= 11 is 0.829. The molecule has 4 rings (SSSR count). The summed E-state index contributed by atoms with van der Waals surface area (Å²) in [5, 5.41) is 11.3. The lowest BCUT2D eigenvalue weighted by Crippen LogP contribution is -2.25. The van der Waals surface area contributed by atoms with Crippen molar-refractivity contribution in [3.05, 3.63) is 59.1 Å². The average Bonchev–Trinajstić information content (AvgIpc) is 3.44. The third kappa shape index (κ3) is 5.79. The molecule has 0 atom stereocenters. The van der Waals surface area contributed by atoms with Crippen LogP contribution in [-0.4, -0.2) is 41.9 Å². The second-order valence-corrected chi connectivity index (χ2v) is 9.37. The maximum atomic E-state index is 14.8. The lowest BCUT2D eigenvalue weighted by atomic mass is 10.2. The van der Waals surface area contributed by atoms with E-state index in [9.17, 15) is 22.4 Å². The van der Waals surface area contributed by atoms with E-state index in [1.54, 1.807) is 20.8 Å². The molecule has 0 aromatic carbocycles. The lowest BCUT2D eigenvalue weighted by molar-refractivity contribution is -0.159. The summed E-state index contributed by atoms with van der Waals surface area (Å²) in [5.74, 6) is -2.82. The summed E-state index contributed by atoms with van der Waals surface area (Å²) in [4.78, 5) is 25.4. The van der Waals surface area contributed by atoms with E-state index in [1.807, 2.05) is 0 Å². The predicted octanol–water partition coefficient (Wildman–Crippen LogP) is 4.83. The number of halogens is 4. The van der Waals surface area contributed by atoms with Crippen LogP contribution in [0.2, 0.25) is 0 Å². The zero-order valence-corrected chi connectivity index (χ0v) is 19.8. The lowest BCUT2D eigenvalue weighted by Gasteiger charge is -2.22. The molecule has 4 aromatic heterocycles. The molecular weight excluding hydrogens is 506 g/mol. The fraction of sp³-hybridized carbons (Fsp3) is 0.286. The van der Waals surface area contributed by atoms with Gasteiger partial charge in [0.15, 0.2) is 17.3 Å². The van der Waals surface area contributed by atoms with E-state index >= 15 is 0 Å². The standard InChI is InChI=1S/C21H17F4N7O3S/c1-20(2,3)34-18(33)12-4-5-15(30-29-12)32(16-9-26-6-7-27-16)10-14-11(22)8-13(36-14)17-28-19(35-31-17)21(23,24)25/h4-9H,10H2,1-3H3. The molecule has 0 saturated carbocycles. The van der Waals surface area contributed by atoms with Crippen LogP contribution in [0.3, 0.4) is 0 Å². The quantitative estimate of drug-likeness (QED) is 0.257. The first-order valence-corrected chi connectivity index (χ1v) is 11.0. The van der Waals surface area contributed by atoms with E-state index in [0.29, 0.717) is 0 Å². The number of nitrogens with zero attached hydrogens (tertiary/aromatic N) is 7. The minimum Gasteiger partial charge on any atom is -0.455 e. The SMILES string of the molecule is CC(C)(C)OC(=O)c1ccc(N(Cc2sc(-c3noc(C(F)(F)F)n3)cc2F)c2cnccn2)nn1. The van der Waals surface area contributed by atoms with E-state index < -0.39 is 35.3 Å². The third-order valence-electron chi connectivity index (χ3n) is 4.31. The van der Waals surface area contributed by atoms with E-state index in [-0.39, 0.29) is 33.6 Å². The van der Waals surface area contributed by atoms with Crippen LogP contribution < -0.4 is 4.90 Å². The van der Waals surface area contributed by atoms with Gasteiger partial charge in [0.05, 0.1) is 22.5 Å². The molecule has 0 spiro atoms. The highest BCUT2D eigenvalue weighted by molar-refractivity contribution is 7.15. The van der Waals surface area contributed by atoms with Crippen LogP contribution in [0, 0.1) is 5.82 Å². The number of hydrogen-bond acceptors (Lipinski definition) is 11. The van der Waals surface area contributed by atoms with Crippen LogP contribution in [-0.2, 0) is 17.5 Å². The zero-order valence-electron chi connectivity index (χ0n) is 18.9. The fourth-order valence-corrected chi connectivity index (χ4v) is 3.78. The number of esters is 1. The number of ether oxygens (including phenoxy) is 1. The molecule has 36 heavy (non-hydrogen) atoms. The molecular formula is C21H17F4N7O3S. The van der Waals surface area contributed by atoms with Gasteiger partial charge in [0.2, 0.25) is 5.82 Å². The number of hydrogen-bond donors (Lipinski definition) is 0. The number of carbonyl (C=O) groups excluding carboxylic acids is 1. The Hall–Kier alpha value is -4.01. The Morgan fingerprint density at radius 3 is 2.50 bits per heavy atom. The molecule has 0 aliphatic heterocycles. The maximum Gasteiger partial charge on any atom is 0.471 e. The van der Waals surface area contributed by atoms with Crippen molar-refractivity contribution in [1.29, 1.82) is 0 Å². The van der Waals surface area contributed by atoms with Crippen molar-refractivity contribution in [2.45, 2.75) is 39.1 Å². The summed E-state index contributed by atoms with van der Waals surface area (Å²) in [6.45, 7) is 5.00. The van der Waals surface area contributed by atoms with E-state index in [1.165, 1.54) is 35.6 Å². The Morgan fingerprint density at radius 1 is 1.14 bits per heavy atom. The topological polar surface area (TPSA) is 120 Å². The van der Waals surface area contributed by atoms with Crippen LogP contribution in [0.4, 0.5) is 29.2 Å². The van der Waals surface area contributed by atoms with Gasteiger partial charge in [-0.05, 0) is 39.0 Å². The highest BCUT2D eigenvalue weighted by atomic mass is 32.1. The second-order valence-electron chi connectivity index (χ2n) is 8.23. The molecule has 188 valence electrons. The van der Waals surface area contributed by atoms with Crippen LogP contribution in [0.1, 0.15) is 42.0 Å². The molecule has 15 heteroatoms. The van der Waals surface area contributed by atoms with Crippen molar-refractivity contribution in [2.75, 3.05) is 4.90 Å². The monoisotopic (exact) mass is 523 g/mol. The number of carbonyl (C=O) groups is 1. The first-order valence-electron chi connectivity index (χ1n) is 10.2. The van der Waals surface area contributed by atoms with Crippen LogP contribution in [0.15, 0.2) is 41.3 Å². The zero-order chi connectivity index (χ0) is 26.1. The molecule has 4 heterocycles. The van der Waals surface area contributed by atoms with Gasteiger partial charge in [0, 0.05) is 12.4 Å². The Labute approximate surface area is 205 Å². The summed E-state index contributed by atoms with van der Waals surface area (Å²) in [5.41, 5.74) is -0.758. The number of anilines is 2. The van der Waals surface area contributed by atoms with Gasteiger partial charge in [-0.1, -0.05) is 5.16 Å². The molecule has 10 nitrogen and oxygen atoms in total. The van der Waals surface area contributed by atoms with Crippen molar-refractivity contribution in [3.63, 3.8) is 0 Å². The number of thiophene rings is 1. The molecule has 0 bridgehead atoms. The van der Waals surface area contributed by atoms with Crippen LogP contribution in [0.25, 0.3) is 10.7 Å². The van der Waals surface area contributed by atoms with E-state index in [0.717, 1.165) is 17.4 Å². The largest absolute Gasteiger partial charge is 0.471 e. The summed E-state index contributed by atoms with van der Waals surface area (Å²) in [6, 6.07) is 3.88. The Bertz CT molecular complexity index is 1350. The van der Waals surface area contributed by atoms with Crippen molar-refractivity contribution in [3.8, 4) is 10.7 Å². The average molecular weight is 523 g/mol. The first kappa shape index (κ1) is 25.1. The van der Waals surface area contributed by atoms with E-state index in [2.05, 4.69) is 34.8 Å². The van der Waals surface area contributed by atoms with Crippen LogP contribution in [0.5, 0.6) is 0 Å². The molecule has 0 unspecified atom stereocenters. The van der Waals surface area contributed by atoms with Gasteiger partial charge in [0.1, 0.15) is 11.4 Å². The van der Waals surface area contributed by atoms with Crippen LogP contribution >= 0.6 is 11.3 Å². The predicted molar refractivity (Wildman–Crippen MR) is 118 cm³/mol. The minimum atomic E-state index is -4.82. The number of alkyl halides is 3. The Balaban J connectivity index is 1.63. The van der Waals surface area contributed by atoms with Gasteiger partial charge in [-0.15, -0.1) is 21.5 Å². The molecule has 0 fully saturated rings. The first-order chi connectivity index (χ1) is 16.9. The molecule has 0 saturated heterocycles.